The summed E-state index contributed by atoms with van der Waals surface area (Å²) in [6, 6.07) is 3.01. The molecule has 0 spiro atoms. The minimum absolute atomic E-state index is 0.552. The molecule has 1 aromatic rings. The third-order valence-electron chi connectivity index (χ3n) is 2.07. The van der Waals surface area contributed by atoms with Crippen molar-refractivity contribution in [2.45, 2.75) is 0 Å². The molecule has 0 heterocycles. The fourth-order valence-corrected chi connectivity index (χ4v) is 3.06. The Morgan fingerprint density at radius 1 is 0.562 bits per heavy atom. The molecule has 0 saturated carbocycles. The van der Waals surface area contributed by atoms with Crippen molar-refractivity contribution in [3.8, 4) is 28.7 Å². The maximum atomic E-state index is 5.43. The van der Waals surface area contributed by atoms with E-state index in [1.165, 1.54) is 0 Å². The van der Waals surface area contributed by atoms with Gasteiger partial charge < -0.3 is 22.1 Å². The quantitative estimate of drug-likeness (QED) is 0.509. The van der Waals surface area contributed by atoms with E-state index in [0.717, 1.165) is 0 Å². The van der Waals surface area contributed by atoms with Gasteiger partial charge in [0.25, 0.3) is 0 Å². The fourth-order valence-electron chi connectivity index (χ4n) is 1.37. The zero-order chi connectivity index (χ0) is 12.1. The third-order valence-corrected chi connectivity index (χ3v) is 4.11. The lowest BCUT2D eigenvalue weighted by atomic mass is 10.2. The zero-order valence-electron chi connectivity index (χ0n) is 10.0. The molecule has 10 heteroatoms. The van der Waals surface area contributed by atoms with E-state index >= 15 is 0 Å². The highest BCUT2D eigenvalue weighted by atomic mass is 28.2. The van der Waals surface area contributed by atoms with Gasteiger partial charge in [0.05, 0.1) is 6.07 Å². The van der Waals surface area contributed by atoms with Crippen molar-refractivity contribution in [3.05, 3.63) is 6.07 Å². The Morgan fingerprint density at radius 3 is 1.19 bits per heavy atom. The van der Waals surface area contributed by atoms with Crippen LogP contribution in [0.1, 0.15) is 0 Å². The SMILES string of the molecule is [SiH3]Oc1[c]c(O[SiH3])c(O[SiH3])c(O[SiH3])c1O[SiH3]. The van der Waals surface area contributed by atoms with Gasteiger partial charge in [0.1, 0.15) is 0 Å². The molecule has 0 unspecified atom stereocenters. The predicted molar refractivity (Wildman–Crippen MR) is 78.1 cm³/mol. The van der Waals surface area contributed by atoms with Gasteiger partial charge in [0.15, 0.2) is 28.7 Å². The van der Waals surface area contributed by atoms with E-state index in [0.29, 0.717) is 81.2 Å². The normalized spacial score (nSPS) is 10.5. The van der Waals surface area contributed by atoms with Crippen LogP contribution >= 0.6 is 0 Å². The van der Waals surface area contributed by atoms with Crippen molar-refractivity contribution in [2.75, 3.05) is 0 Å². The standard InChI is InChI=1S/C6H15O5Si5/c12-7-2-1-3(8-13)5(10-15)6(11-16)4(2)9-14/h12-16H3. The molecule has 0 aliphatic carbocycles. The molecular formula is C6H15O5Si5. The smallest absolute Gasteiger partial charge is 0.204 e. The van der Waals surface area contributed by atoms with Crippen molar-refractivity contribution in [1.29, 1.82) is 0 Å². The van der Waals surface area contributed by atoms with Gasteiger partial charge in [-0.3, -0.25) is 0 Å². The minimum Gasteiger partial charge on any atom is -0.550 e. The van der Waals surface area contributed by atoms with Crippen molar-refractivity contribution in [3.63, 3.8) is 0 Å². The Balaban J connectivity index is 3.47. The highest BCUT2D eigenvalue weighted by Crippen LogP contribution is 2.49. The van der Waals surface area contributed by atoms with Crippen LogP contribution in [-0.2, 0) is 0 Å². The van der Waals surface area contributed by atoms with E-state index in [2.05, 4.69) is 6.07 Å². The van der Waals surface area contributed by atoms with Crippen molar-refractivity contribution < 1.29 is 22.1 Å². The Kier molecular flexibility index (Phi) is 5.13. The lowest BCUT2D eigenvalue weighted by Gasteiger charge is -2.19. The molecule has 1 aromatic carbocycles. The summed E-state index contributed by atoms with van der Waals surface area (Å²) in [5.41, 5.74) is 0. The number of benzene rings is 1. The third kappa shape index (κ3) is 2.35. The summed E-state index contributed by atoms with van der Waals surface area (Å²) in [6.45, 7) is 0. The molecule has 0 N–H and O–H groups in total. The van der Waals surface area contributed by atoms with Crippen LogP contribution in [0, 0.1) is 6.07 Å². The minimum atomic E-state index is 0.552. The van der Waals surface area contributed by atoms with Gasteiger partial charge in [-0.2, -0.15) is 0 Å². The zero-order valence-corrected chi connectivity index (χ0v) is 20.0. The van der Waals surface area contributed by atoms with Gasteiger partial charge in [-0.05, 0) is 0 Å². The lowest BCUT2D eigenvalue weighted by Crippen LogP contribution is -2.02. The molecule has 0 fully saturated rings. The van der Waals surface area contributed by atoms with E-state index < -0.39 is 0 Å². The molecule has 0 bridgehead atoms. The van der Waals surface area contributed by atoms with Crippen LogP contribution in [-0.4, -0.2) is 52.4 Å². The van der Waals surface area contributed by atoms with Crippen molar-refractivity contribution >= 4 is 52.4 Å². The molecule has 89 valence electrons. The molecule has 16 heavy (non-hydrogen) atoms. The van der Waals surface area contributed by atoms with Crippen LogP contribution in [0.25, 0.3) is 0 Å². The summed E-state index contributed by atoms with van der Waals surface area (Å²) in [5, 5.41) is 0. The first-order chi connectivity index (χ1) is 7.73. The molecule has 0 aliphatic rings. The molecule has 0 aromatic heterocycles. The summed E-state index contributed by atoms with van der Waals surface area (Å²) in [6.07, 6.45) is 0. The molecular weight excluding hydrogens is 292 g/mol. The summed E-state index contributed by atoms with van der Waals surface area (Å²) < 4.78 is 26.9. The summed E-state index contributed by atoms with van der Waals surface area (Å²) in [7, 11) is 2.79. The predicted octanol–water partition coefficient (Wildman–Crippen LogP) is -5.22. The molecule has 5 nitrogen and oxygen atoms in total. The van der Waals surface area contributed by atoms with E-state index in [4.69, 9.17) is 22.1 Å². The number of hydrogen-bond donors (Lipinski definition) is 0. The highest BCUT2D eigenvalue weighted by Gasteiger charge is 2.20. The molecule has 0 saturated heterocycles. The van der Waals surface area contributed by atoms with Gasteiger partial charge >= 0.3 is 0 Å². The van der Waals surface area contributed by atoms with Crippen LogP contribution in [0.4, 0.5) is 0 Å². The van der Waals surface area contributed by atoms with Crippen LogP contribution in [0.2, 0.25) is 0 Å². The Bertz CT molecular complexity index is 343. The second-order valence-corrected chi connectivity index (χ2v) is 4.83. The Morgan fingerprint density at radius 2 is 0.938 bits per heavy atom. The van der Waals surface area contributed by atoms with E-state index in [-0.39, 0.29) is 0 Å². The van der Waals surface area contributed by atoms with Gasteiger partial charge in [0, 0.05) is 0 Å². The largest absolute Gasteiger partial charge is 0.550 e. The summed E-state index contributed by atoms with van der Waals surface area (Å²) in [5.74, 6) is 2.88. The molecule has 1 radical (unpaired) electrons. The number of rotatable bonds is 5. The first-order valence-electron chi connectivity index (χ1n) is 4.56. The van der Waals surface area contributed by atoms with Crippen LogP contribution in [0.15, 0.2) is 0 Å². The van der Waals surface area contributed by atoms with Crippen molar-refractivity contribution in [2.24, 2.45) is 0 Å². The fraction of sp³-hybridized carbons (Fsp3) is 0. The van der Waals surface area contributed by atoms with Crippen LogP contribution in [0.3, 0.4) is 0 Å². The Labute approximate surface area is 109 Å². The second kappa shape index (κ2) is 6.14. The first-order valence-corrected chi connectivity index (χ1v) is 8.64. The van der Waals surface area contributed by atoms with Gasteiger partial charge in [-0.25, -0.2) is 0 Å². The molecule has 0 amide bonds. The second-order valence-electron chi connectivity index (χ2n) is 2.79. The van der Waals surface area contributed by atoms with Crippen molar-refractivity contribution in [1.82, 2.24) is 0 Å². The average molecular weight is 308 g/mol. The first kappa shape index (κ1) is 13.4. The topological polar surface area (TPSA) is 46.2 Å². The lowest BCUT2D eigenvalue weighted by molar-refractivity contribution is 0.460. The molecule has 0 aliphatic heterocycles. The van der Waals surface area contributed by atoms with Crippen LogP contribution in [0.5, 0.6) is 28.7 Å². The summed E-state index contributed by atoms with van der Waals surface area (Å²) >= 11 is 0. The maximum Gasteiger partial charge on any atom is 0.204 e. The highest BCUT2D eigenvalue weighted by molar-refractivity contribution is 6.06. The van der Waals surface area contributed by atoms with E-state index in [1.807, 2.05) is 0 Å². The Hall–Kier alpha value is -0.696. The maximum absolute atomic E-state index is 5.43. The van der Waals surface area contributed by atoms with E-state index in [1.54, 1.807) is 0 Å². The number of hydrogen-bond acceptors (Lipinski definition) is 5. The monoisotopic (exact) mass is 307 g/mol. The van der Waals surface area contributed by atoms with Crippen LogP contribution < -0.4 is 22.1 Å². The van der Waals surface area contributed by atoms with Gasteiger partial charge in [-0.1, -0.05) is 0 Å². The molecule has 0 atom stereocenters. The van der Waals surface area contributed by atoms with E-state index in [9.17, 15) is 0 Å². The average Bonchev–Trinajstić information content (AvgIpc) is 2.35. The van der Waals surface area contributed by atoms with Gasteiger partial charge in [-0.15, -0.1) is 0 Å². The van der Waals surface area contributed by atoms with Gasteiger partial charge in [0.2, 0.25) is 52.4 Å². The molecule has 1 rings (SSSR count). The summed E-state index contributed by atoms with van der Waals surface area (Å²) in [4.78, 5) is 0.